The number of hydrogen-bond acceptors (Lipinski definition) is 14. The molecule has 0 spiro atoms. The van der Waals surface area contributed by atoms with Crippen LogP contribution in [0, 0.1) is 15.5 Å². The number of carbonyl (C=O) groups is 1. The van der Waals surface area contributed by atoms with Crippen molar-refractivity contribution in [2.75, 3.05) is 93.9 Å². The minimum absolute atomic E-state index is 0.0862. The number of halogens is 1. The largest absolute Gasteiger partial charge is 0.474 e. The van der Waals surface area contributed by atoms with Crippen LogP contribution < -0.4 is 24.6 Å². The fourth-order valence-corrected chi connectivity index (χ4v) is 12.2. The summed E-state index contributed by atoms with van der Waals surface area (Å²) in [4.78, 5) is 50.6. The van der Waals surface area contributed by atoms with Crippen LogP contribution in [0.3, 0.4) is 0 Å². The normalized spacial score (nSPS) is 20.4. The van der Waals surface area contributed by atoms with E-state index in [1.165, 1.54) is 28.8 Å². The van der Waals surface area contributed by atoms with Crippen LogP contribution in [0.5, 0.6) is 5.88 Å². The molecule has 9 rings (SSSR count). The van der Waals surface area contributed by atoms with Crippen LogP contribution >= 0.6 is 19.5 Å². The number of carbonyl (C=O) groups excluding carboxylic acids is 1. The number of nitro benzene ring substituents is 1. The van der Waals surface area contributed by atoms with Crippen molar-refractivity contribution in [3.63, 3.8) is 0 Å². The summed E-state index contributed by atoms with van der Waals surface area (Å²) in [7, 11) is -7.33. The number of anilines is 4. The Morgan fingerprint density at radius 3 is 2.55 bits per heavy atom. The van der Waals surface area contributed by atoms with Gasteiger partial charge < -0.3 is 24.8 Å². The fourth-order valence-electron chi connectivity index (χ4n) is 9.47. The number of sulfonamides is 1. The zero-order valence-corrected chi connectivity index (χ0v) is 40.3. The molecule has 3 aliphatic heterocycles. The molecule has 20 heteroatoms. The average molecular weight is 974 g/mol. The third kappa shape index (κ3) is 10.3. The number of aromatic nitrogens is 2. The first-order chi connectivity index (χ1) is 32.0. The van der Waals surface area contributed by atoms with Gasteiger partial charge in [-0.3, -0.25) is 19.8 Å². The SMILES string of the molecule is CC1(C)CCC(CN2CCN(c3ccc(C(=O)NS(=O)(=O)c4ccc(NCCN5CCCO[P+]5(C)O)c([N+](=O)[O-])c4)c(N4CCOc5nc6[nH]ccc6cc54)c3)CC2)=C(c2ccc(Cl)cc2)C1. The summed E-state index contributed by atoms with van der Waals surface area (Å²) >= 11 is 6.27. The predicted molar refractivity (Wildman–Crippen MR) is 263 cm³/mol. The minimum Gasteiger partial charge on any atom is -0.474 e. The van der Waals surface area contributed by atoms with Gasteiger partial charge in [0.2, 0.25) is 5.88 Å². The lowest BCUT2D eigenvalue weighted by molar-refractivity contribution is -0.384. The molecule has 67 heavy (non-hydrogen) atoms. The maximum absolute atomic E-state index is 14.3. The summed E-state index contributed by atoms with van der Waals surface area (Å²) in [6.07, 6.45) is 5.71. The molecule has 4 N–H and O–H groups in total. The molecule has 2 aromatic heterocycles. The quantitative estimate of drug-likeness (QED) is 0.0502. The van der Waals surface area contributed by atoms with Crippen LogP contribution in [0.25, 0.3) is 16.6 Å². The average Bonchev–Trinajstić information content (AvgIpc) is 3.77. The summed E-state index contributed by atoms with van der Waals surface area (Å²) < 4.78 is 43.4. The maximum Gasteiger partial charge on any atom is 0.342 e. The van der Waals surface area contributed by atoms with Gasteiger partial charge in [0.15, 0.2) is 0 Å². The van der Waals surface area contributed by atoms with E-state index in [0.29, 0.717) is 49.1 Å². The van der Waals surface area contributed by atoms with Gasteiger partial charge in [0.25, 0.3) is 21.6 Å². The number of nitrogens with one attached hydrogen (secondary N) is 3. The first kappa shape index (κ1) is 46.8. The van der Waals surface area contributed by atoms with Crippen molar-refractivity contribution in [3.05, 3.63) is 111 Å². The van der Waals surface area contributed by atoms with Crippen molar-refractivity contribution in [1.29, 1.82) is 0 Å². The van der Waals surface area contributed by atoms with Gasteiger partial charge in [-0.25, -0.2) is 18.0 Å². The van der Waals surface area contributed by atoms with E-state index in [1.54, 1.807) is 18.9 Å². The van der Waals surface area contributed by atoms with Gasteiger partial charge in [-0.05, 0) is 96.8 Å². The van der Waals surface area contributed by atoms with Gasteiger partial charge in [0.1, 0.15) is 30.3 Å². The molecule has 354 valence electrons. The monoisotopic (exact) mass is 972 g/mol. The van der Waals surface area contributed by atoms with Crippen molar-refractivity contribution in [2.24, 2.45) is 5.41 Å². The molecule has 1 atom stereocenters. The van der Waals surface area contributed by atoms with Gasteiger partial charge in [0, 0.05) is 74.2 Å². The molecule has 5 heterocycles. The Bertz CT molecular complexity index is 2830. The Hall–Kier alpha value is -5.33. The van der Waals surface area contributed by atoms with Crippen LogP contribution in [0.1, 0.15) is 55.5 Å². The number of pyridine rings is 1. The summed E-state index contributed by atoms with van der Waals surface area (Å²) in [6.45, 7) is 12.6. The van der Waals surface area contributed by atoms with Crippen molar-refractivity contribution in [3.8, 4) is 5.88 Å². The lowest BCUT2D eigenvalue weighted by atomic mass is 9.72. The number of H-pyrrole nitrogens is 1. The van der Waals surface area contributed by atoms with Crippen LogP contribution in [0.15, 0.2) is 89.5 Å². The molecule has 0 saturated carbocycles. The number of piperazine rings is 1. The summed E-state index contributed by atoms with van der Waals surface area (Å²) in [5.41, 5.74) is 6.62. The second-order valence-electron chi connectivity index (χ2n) is 18.4. The van der Waals surface area contributed by atoms with Crippen molar-refractivity contribution in [2.45, 2.75) is 44.4 Å². The van der Waals surface area contributed by atoms with E-state index >= 15 is 0 Å². The van der Waals surface area contributed by atoms with E-state index in [0.717, 1.165) is 80.6 Å². The highest BCUT2D eigenvalue weighted by Crippen LogP contribution is 2.57. The van der Waals surface area contributed by atoms with E-state index in [9.17, 15) is 28.2 Å². The number of allylic oxidation sites excluding steroid dienone is 1. The van der Waals surface area contributed by atoms with E-state index in [4.69, 9.17) is 20.9 Å². The molecule has 2 saturated heterocycles. The maximum atomic E-state index is 14.3. The summed E-state index contributed by atoms with van der Waals surface area (Å²) in [5, 5.41) is 16.8. The van der Waals surface area contributed by atoms with Gasteiger partial charge >= 0.3 is 7.87 Å². The molecular weight excluding hydrogens is 917 g/mol. The van der Waals surface area contributed by atoms with Crippen molar-refractivity contribution < 1.29 is 32.3 Å². The third-order valence-corrected chi connectivity index (χ3v) is 16.9. The molecule has 2 fully saturated rings. The van der Waals surface area contributed by atoms with Crippen LogP contribution in [-0.4, -0.2) is 122 Å². The number of aromatic amines is 1. The molecule has 1 aliphatic carbocycles. The van der Waals surface area contributed by atoms with E-state index in [2.05, 4.69) is 55.8 Å². The molecule has 17 nitrogen and oxygen atoms in total. The van der Waals surface area contributed by atoms with Crippen LogP contribution in [-0.2, 0) is 14.5 Å². The first-order valence-corrected chi connectivity index (χ1v) is 26.5. The van der Waals surface area contributed by atoms with Gasteiger partial charge in [0.05, 0.1) is 40.8 Å². The topological polar surface area (TPSA) is 199 Å². The van der Waals surface area contributed by atoms with Gasteiger partial charge in [-0.15, -0.1) is 4.67 Å². The summed E-state index contributed by atoms with van der Waals surface area (Å²) in [5.74, 6) is -0.533. The zero-order chi connectivity index (χ0) is 47.1. The smallest absolute Gasteiger partial charge is 0.342 e. The number of ether oxygens (including phenoxy) is 1. The second-order valence-corrected chi connectivity index (χ2v) is 23.0. The van der Waals surface area contributed by atoms with Crippen LogP contribution in [0.2, 0.25) is 5.02 Å². The van der Waals surface area contributed by atoms with E-state index < -0.39 is 39.3 Å². The molecule has 1 unspecified atom stereocenters. The van der Waals surface area contributed by atoms with Crippen LogP contribution in [0.4, 0.5) is 28.4 Å². The molecule has 4 aliphatic rings. The lowest BCUT2D eigenvalue weighted by Crippen LogP contribution is -2.47. The standard InChI is InChI=1S/C47H55ClN9O8PS/c1-47(2)15-13-34(39(30-47)32-5-7-35(48)8-6-32)31-53-20-22-54(23-21-53)36-9-11-38(41(28-36)56-24-26-64-46-43(56)27-33-14-16-50-44(33)51-46)45(58)52-67(62,63)37-10-12-40(42(29-37)57(59)60)49-17-19-55-18-4-25-65-66(55,3)61/h5-12,14,16,27-29,49,61H,4,13,15,17-26,30-31H2,1-3H3,(H-,50,51,52,58)/p+1. The molecule has 1 amide bonds. The Morgan fingerprint density at radius 2 is 1.79 bits per heavy atom. The van der Waals surface area contributed by atoms with E-state index in [-0.39, 0.29) is 29.8 Å². The fraction of sp³-hybridized carbons (Fsp3) is 0.404. The number of amides is 1. The molecule has 0 radical (unpaired) electrons. The second kappa shape index (κ2) is 19.0. The third-order valence-electron chi connectivity index (χ3n) is 13.2. The number of benzene rings is 3. The molecule has 0 bridgehead atoms. The number of nitrogens with zero attached hydrogens (tertiary/aromatic N) is 6. The molecule has 3 aromatic carbocycles. The Kier molecular flexibility index (Phi) is 13.3. The Morgan fingerprint density at radius 1 is 1.00 bits per heavy atom. The number of rotatable bonds is 13. The molecule has 5 aromatic rings. The lowest BCUT2D eigenvalue weighted by Gasteiger charge is -2.39. The highest BCUT2D eigenvalue weighted by atomic mass is 35.5. The van der Waals surface area contributed by atoms with Gasteiger partial charge in [-0.1, -0.05) is 43.2 Å². The van der Waals surface area contributed by atoms with Crippen molar-refractivity contribution in [1.82, 2.24) is 24.3 Å². The zero-order valence-electron chi connectivity index (χ0n) is 37.8. The van der Waals surface area contributed by atoms with Crippen molar-refractivity contribution >= 4 is 80.4 Å². The predicted octanol–water partition coefficient (Wildman–Crippen LogP) is 8.08. The first-order valence-electron chi connectivity index (χ1n) is 22.6. The van der Waals surface area contributed by atoms with Gasteiger partial charge in [-0.2, -0.15) is 9.51 Å². The minimum atomic E-state index is -4.61. The summed E-state index contributed by atoms with van der Waals surface area (Å²) in [6, 6.07) is 20.9. The Balaban J connectivity index is 0.959. The number of nitro groups is 1. The number of fused-ring (bicyclic) bond motifs is 2. The highest BCUT2D eigenvalue weighted by molar-refractivity contribution is 7.90. The Labute approximate surface area is 395 Å². The number of hydrogen-bond donors (Lipinski definition) is 4. The molecular formula is C47H56ClN9O8PS+. The highest BCUT2D eigenvalue weighted by Gasteiger charge is 2.42. The van der Waals surface area contributed by atoms with E-state index in [1.807, 2.05) is 46.0 Å².